The molecule has 1 aliphatic carbocycles. The van der Waals surface area contributed by atoms with Crippen molar-refractivity contribution in [2.45, 2.75) is 52.2 Å². The second-order valence-electron chi connectivity index (χ2n) is 8.56. The van der Waals surface area contributed by atoms with E-state index < -0.39 is 17.5 Å². The lowest BCUT2D eigenvalue weighted by Crippen LogP contribution is -2.54. The molecule has 1 saturated heterocycles. The molecule has 2 aliphatic rings. The van der Waals surface area contributed by atoms with Crippen molar-refractivity contribution in [3.63, 3.8) is 0 Å². The lowest BCUT2D eigenvalue weighted by Gasteiger charge is -2.43. The van der Waals surface area contributed by atoms with Gasteiger partial charge in [0.2, 0.25) is 0 Å². The van der Waals surface area contributed by atoms with Gasteiger partial charge < -0.3 is 5.32 Å². The van der Waals surface area contributed by atoms with Gasteiger partial charge in [0.25, 0.3) is 11.8 Å². The van der Waals surface area contributed by atoms with Crippen LogP contribution in [0.5, 0.6) is 0 Å². The van der Waals surface area contributed by atoms with Crippen LogP contribution >= 0.6 is 0 Å². The van der Waals surface area contributed by atoms with Gasteiger partial charge in [0.05, 0.1) is 6.61 Å². The summed E-state index contributed by atoms with van der Waals surface area (Å²) in [5.41, 5.74) is 2.27. The first kappa shape index (κ1) is 19.4. The van der Waals surface area contributed by atoms with E-state index >= 15 is 0 Å². The minimum atomic E-state index is -0.899. The van der Waals surface area contributed by atoms with Gasteiger partial charge in [0, 0.05) is 0 Å². The van der Waals surface area contributed by atoms with E-state index in [0.29, 0.717) is 18.8 Å². The van der Waals surface area contributed by atoms with Crippen molar-refractivity contribution in [1.29, 1.82) is 0 Å². The summed E-state index contributed by atoms with van der Waals surface area (Å²) >= 11 is 0. The molecule has 1 aromatic carbocycles. The normalized spacial score (nSPS) is 26.9. The number of urea groups is 1. The Labute approximate surface area is 159 Å². The Kier molecular flexibility index (Phi) is 5.24. The van der Waals surface area contributed by atoms with Crippen molar-refractivity contribution < 1.29 is 19.2 Å². The van der Waals surface area contributed by atoms with E-state index in [9.17, 15) is 14.4 Å². The van der Waals surface area contributed by atoms with Crippen LogP contribution in [0.4, 0.5) is 4.79 Å². The number of rotatable bonds is 5. The molecule has 1 aromatic rings. The number of carbonyl (C=O) groups is 3. The summed E-state index contributed by atoms with van der Waals surface area (Å²) in [5, 5.41) is 2.86. The highest BCUT2D eigenvalue weighted by Gasteiger charge is 2.56. The van der Waals surface area contributed by atoms with Gasteiger partial charge in [-0.25, -0.2) is 10.3 Å². The van der Waals surface area contributed by atoms with Gasteiger partial charge in [0.1, 0.15) is 12.1 Å². The summed E-state index contributed by atoms with van der Waals surface area (Å²) in [6, 6.07) is 8.88. The SMILES string of the molecule is C[C@@H]1CC(C)(C)C[C@@]2(C1)NC(=O)N(CC(=O)NOCc1ccccc1)C2=O. The molecular formula is C20H27N3O4. The zero-order valence-corrected chi connectivity index (χ0v) is 16.1. The van der Waals surface area contributed by atoms with Crippen molar-refractivity contribution in [3.05, 3.63) is 35.9 Å². The maximum Gasteiger partial charge on any atom is 0.325 e. The Hall–Kier alpha value is -2.41. The fourth-order valence-electron chi connectivity index (χ4n) is 4.60. The number of benzene rings is 1. The lowest BCUT2D eigenvalue weighted by atomic mass is 9.64. The maximum absolute atomic E-state index is 13.0. The van der Waals surface area contributed by atoms with E-state index in [1.54, 1.807) is 0 Å². The van der Waals surface area contributed by atoms with Gasteiger partial charge in [-0.15, -0.1) is 0 Å². The number of carbonyl (C=O) groups excluding carboxylic acids is 3. The van der Waals surface area contributed by atoms with Crippen molar-refractivity contribution in [2.24, 2.45) is 11.3 Å². The highest BCUT2D eigenvalue weighted by molar-refractivity contribution is 6.09. The Morgan fingerprint density at radius 3 is 2.63 bits per heavy atom. The first-order valence-corrected chi connectivity index (χ1v) is 9.29. The van der Waals surface area contributed by atoms with Gasteiger partial charge in [0.15, 0.2) is 0 Å². The molecular weight excluding hydrogens is 346 g/mol. The molecule has 0 radical (unpaired) electrons. The molecule has 1 spiro atoms. The molecule has 1 saturated carbocycles. The summed E-state index contributed by atoms with van der Waals surface area (Å²) in [4.78, 5) is 43.7. The Morgan fingerprint density at radius 2 is 1.96 bits per heavy atom. The third-order valence-corrected chi connectivity index (χ3v) is 5.19. The van der Waals surface area contributed by atoms with E-state index in [1.807, 2.05) is 30.3 Å². The van der Waals surface area contributed by atoms with Crippen molar-refractivity contribution in [2.75, 3.05) is 6.54 Å². The molecule has 3 rings (SSSR count). The van der Waals surface area contributed by atoms with Gasteiger partial charge in [-0.05, 0) is 36.2 Å². The first-order chi connectivity index (χ1) is 12.7. The average Bonchev–Trinajstić information content (AvgIpc) is 2.77. The van der Waals surface area contributed by atoms with Crippen LogP contribution in [-0.2, 0) is 21.0 Å². The molecule has 1 aliphatic heterocycles. The molecule has 146 valence electrons. The Morgan fingerprint density at radius 1 is 1.26 bits per heavy atom. The van der Waals surface area contributed by atoms with E-state index in [4.69, 9.17) is 4.84 Å². The molecule has 7 heteroatoms. The third kappa shape index (κ3) is 4.30. The van der Waals surface area contributed by atoms with Crippen LogP contribution < -0.4 is 10.8 Å². The van der Waals surface area contributed by atoms with Crippen molar-refractivity contribution in [1.82, 2.24) is 15.7 Å². The topological polar surface area (TPSA) is 87.7 Å². The zero-order chi connectivity index (χ0) is 19.7. The standard InChI is InChI=1S/C20H27N3O4/c1-14-9-19(2,3)13-20(10-14)17(25)23(18(26)21-20)11-16(24)22-27-12-15-7-5-4-6-8-15/h4-8,14H,9-13H2,1-3H3,(H,21,26)(H,22,24)/t14-,20-/m1/s1. The summed E-state index contributed by atoms with van der Waals surface area (Å²) in [6.45, 7) is 6.17. The largest absolute Gasteiger partial charge is 0.325 e. The highest BCUT2D eigenvalue weighted by atomic mass is 16.6. The smallest absolute Gasteiger partial charge is 0.323 e. The summed E-state index contributed by atoms with van der Waals surface area (Å²) in [6.07, 6.45) is 2.19. The van der Waals surface area contributed by atoms with Crippen LogP contribution in [-0.4, -0.2) is 34.8 Å². The van der Waals surface area contributed by atoms with E-state index in [1.165, 1.54) is 0 Å². The second-order valence-corrected chi connectivity index (χ2v) is 8.56. The number of nitrogens with zero attached hydrogens (tertiary/aromatic N) is 1. The average molecular weight is 373 g/mol. The monoisotopic (exact) mass is 373 g/mol. The van der Waals surface area contributed by atoms with E-state index in [0.717, 1.165) is 16.9 Å². The molecule has 4 amide bonds. The highest BCUT2D eigenvalue weighted by Crippen LogP contribution is 2.46. The quantitative estimate of drug-likeness (QED) is 0.613. The zero-order valence-electron chi connectivity index (χ0n) is 16.1. The number of nitrogens with one attached hydrogen (secondary N) is 2. The Bertz CT molecular complexity index is 734. The maximum atomic E-state index is 13.0. The molecule has 7 nitrogen and oxygen atoms in total. The molecule has 0 aromatic heterocycles. The van der Waals surface area contributed by atoms with Gasteiger partial charge in [-0.3, -0.25) is 19.3 Å². The number of imide groups is 1. The molecule has 2 fully saturated rings. The summed E-state index contributed by atoms with van der Waals surface area (Å²) in [7, 11) is 0. The molecule has 1 heterocycles. The Balaban J connectivity index is 1.58. The predicted octanol–water partition coefficient (Wildman–Crippen LogP) is 2.37. The van der Waals surface area contributed by atoms with Gasteiger partial charge in [-0.2, -0.15) is 0 Å². The first-order valence-electron chi connectivity index (χ1n) is 9.29. The number of amides is 4. The third-order valence-electron chi connectivity index (χ3n) is 5.19. The van der Waals surface area contributed by atoms with E-state index in [2.05, 4.69) is 31.6 Å². The van der Waals surface area contributed by atoms with Crippen LogP contribution in [0, 0.1) is 11.3 Å². The molecule has 0 unspecified atom stereocenters. The van der Waals surface area contributed by atoms with Crippen molar-refractivity contribution in [3.8, 4) is 0 Å². The minimum absolute atomic E-state index is 0.0440. The number of hydrogen-bond acceptors (Lipinski definition) is 4. The molecule has 27 heavy (non-hydrogen) atoms. The van der Waals surface area contributed by atoms with E-state index in [-0.39, 0.29) is 24.5 Å². The minimum Gasteiger partial charge on any atom is -0.323 e. The van der Waals surface area contributed by atoms with Gasteiger partial charge in [-0.1, -0.05) is 51.1 Å². The molecule has 0 bridgehead atoms. The molecule has 2 N–H and O–H groups in total. The number of hydrogen-bond donors (Lipinski definition) is 2. The van der Waals surface area contributed by atoms with Crippen LogP contribution in [0.15, 0.2) is 30.3 Å². The van der Waals surface area contributed by atoms with Crippen LogP contribution in [0.2, 0.25) is 0 Å². The fraction of sp³-hybridized carbons (Fsp3) is 0.550. The summed E-state index contributed by atoms with van der Waals surface area (Å²) < 4.78 is 0. The van der Waals surface area contributed by atoms with Gasteiger partial charge >= 0.3 is 6.03 Å². The predicted molar refractivity (Wildman–Crippen MR) is 99.1 cm³/mol. The van der Waals surface area contributed by atoms with Crippen LogP contribution in [0.1, 0.15) is 45.6 Å². The van der Waals surface area contributed by atoms with Crippen molar-refractivity contribution >= 4 is 17.8 Å². The second kappa shape index (κ2) is 7.31. The lowest BCUT2D eigenvalue weighted by molar-refractivity contribution is -0.142. The fourth-order valence-corrected chi connectivity index (χ4v) is 4.60. The van der Waals surface area contributed by atoms with Crippen LogP contribution in [0.3, 0.4) is 0 Å². The molecule has 2 atom stereocenters. The van der Waals surface area contributed by atoms with Crippen LogP contribution in [0.25, 0.3) is 0 Å². The summed E-state index contributed by atoms with van der Waals surface area (Å²) in [5.74, 6) is -0.527. The number of hydroxylamine groups is 1.